The molecule has 146 valence electrons. The summed E-state index contributed by atoms with van der Waals surface area (Å²) in [5.41, 5.74) is 3.98. The zero-order valence-electron chi connectivity index (χ0n) is 16.6. The van der Waals surface area contributed by atoms with Crippen LogP contribution in [0.4, 0.5) is 0 Å². The van der Waals surface area contributed by atoms with E-state index in [1.165, 1.54) is 12.8 Å². The average Bonchev–Trinajstić information content (AvgIpc) is 3.45. The van der Waals surface area contributed by atoms with Crippen molar-refractivity contribution in [3.05, 3.63) is 84.2 Å². The minimum atomic E-state index is 0.0876. The van der Waals surface area contributed by atoms with Crippen LogP contribution in [0, 0.1) is 17.8 Å². The summed E-state index contributed by atoms with van der Waals surface area (Å²) in [4.78, 5) is 14.3. The smallest absolute Gasteiger partial charge is 0.254 e. The number of nitrogens with zero attached hydrogens (tertiary/aromatic N) is 3. The molecular weight excluding hydrogens is 360 g/mol. The number of pyridine rings is 1. The molecular formula is C24H25N4O+. The van der Waals surface area contributed by atoms with Gasteiger partial charge in [-0.1, -0.05) is 24.8 Å². The van der Waals surface area contributed by atoms with Crippen LogP contribution < -0.4 is 5.16 Å². The fourth-order valence-electron chi connectivity index (χ4n) is 3.15. The maximum Gasteiger partial charge on any atom is 0.254 e. The SMILES string of the molecule is CCC(/C(=[NH+]\OCc1ccccn1)c1ccc(C#CC2CC2)cc1)n1ccnc1. The van der Waals surface area contributed by atoms with E-state index in [0.29, 0.717) is 12.5 Å². The summed E-state index contributed by atoms with van der Waals surface area (Å²) in [6.07, 6.45) is 10.8. The second-order valence-electron chi connectivity index (χ2n) is 7.18. The molecule has 0 saturated heterocycles. The highest BCUT2D eigenvalue weighted by atomic mass is 16.6. The van der Waals surface area contributed by atoms with Crippen LogP contribution >= 0.6 is 0 Å². The Morgan fingerprint density at radius 3 is 2.72 bits per heavy atom. The van der Waals surface area contributed by atoms with Crippen molar-refractivity contribution in [1.82, 2.24) is 14.5 Å². The summed E-state index contributed by atoms with van der Waals surface area (Å²) in [7, 11) is 0. The Balaban J connectivity index is 1.58. The van der Waals surface area contributed by atoms with Gasteiger partial charge >= 0.3 is 0 Å². The lowest BCUT2D eigenvalue weighted by molar-refractivity contribution is -0.759. The first kappa shape index (κ1) is 18.9. The second-order valence-corrected chi connectivity index (χ2v) is 7.18. The van der Waals surface area contributed by atoms with Gasteiger partial charge in [-0.3, -0.25) is 9.82 Å². The van der Waals surface area contributed by atoms with Crippen molar-refractivity contribution in [2.24, 2.45) is 5.92 Å². The van der Waals surface area contributed by atoms with E-state index in [2.05, 4.69) is 62.7 Å². The lowest BCUT2D eigenvalue weighted by atomic mass is 10.00. The van der Waals surface area contributed by atoms with Gasteiger partial charge in [-0.25, -0.2) is 4.98 Å². The first-order valence-electron chi connectivity index (χ1n) is 10.1. The molecule has 1 aromatic carbocycles. The summed E-state index contributed by atoms with van der Waals surface area (Å²) < 4.78 is 2.09. The standard InChI is InChI=1S/C24H24N4O/c1-2-23(28-16-15-25-18-28)24(27-29-17-22-5-3-4-14-26-22)21-12-10-20(11-13-21)9-8-19-6-7-19/h3-5,10-16,18-19,23H,2,6-7,17H2,1H3/p+1/b27-24-. The molecule has 4 rings (SSSR count). The van der Waals surface area contributed by atoms with Gasteiger partial charge in [0.25, 0.3) is 5.71 Å². The molecule has 1 aliphatic rings. The molecule has 1 aliphatic carbocycles. The van der Waals surface area contributed by atoms with Crippen LogP contribution in [0.5, 0.6) is 0 Å². The molecule has 1 saturated carbocycles. The first-order chi connectivity index (χ1) is 14.3. The third-order valence-electron chi connectivity index (χ3n) is 4.93. The van der Waals surface area contributed by atoms with Crippen molar-refractivity contribution >= 4 is 5.71 Å². The molecule has 1 N–H and O–H groups in total. The van der Waals surface area contributed by atoms with E-state index in [-0.39, 0.29) is 6.04 Å². The minimum absolute atomic E-state index is 0.0876. The molecule has 0 bridgehead atoms. The van der Waals surface area contributed by atoms with Crippen molar-refractivity contribution in [3.63, 3.8) is 0 Å². The molecule has 1 unspecified atom stereocenters. The fraction of sp³-hybridized carbons (Fsp3) is 0.292. The predicted octanol–water partition coefficient (Wildman–Crippen LogP) is 2.69. The fourth-order valence-corrected chi connectivity index (χ4v) is 3.15. The Hall–Kier alpha value is -3.39. The van der Waals surface area contributed by atoms with Crippen LogP contribution in [0.1, 0.15) is 49.0 Å². The van der Waals surface area contributed by atoms with Crippen LogP contribution in [-0.4, -0.2) is 20.2 Å². The van der Waals surface area contributed by atoms with E-state index >= 15 is 0 Å². The van der Waals surface area contributed by atoms with Crippen LogP contribution in [-0.2, 0) is 11.4 Å². The number of hydrogen-bond donors (Lipinski definition) is 1. The average molecular weight is 385 g/mol. The van der Waals surface area contributed by atoms with Crippen molar-refractivity contribution in [2.45, 2.75) is 38.8 Å². The van der Waals surface area contributed by atoms with Gasteiger partial charge in [0.2, 0.25) is 6.61 Å². The predicted molar refractivity (Wildman–Crippen MR) is 112 cm³/mol. The topological polar surface area (TPSA) is 53.9 Å². The van der Waals surface area contributed by atoms with E-state index in [0.717, 1.165) is 29.0 Å². The highest BCUT2D eigenvalue weighted by molar-refractivity contribution is 5.99. The molecule has 3 aromatic rings. The lowest BCUT2D eigenvalue weighted by Crippen LogP contribution is -2.73. The van der Waals surface area contributed by atoms with Gasteiger partial charge in [0.1, 0.15) is 6.04 Å². The van der Waals surface area contributed by atoms with E-state index in [4.69, 9.17) is 4.84 Å². The minimum Gasteiger partial charge on any atom is -0.324 e. The van der Waals surface area contributed by atoms with Crippen LogP contribution in [0.2, 0.25) is 0 Å². The maximum atomic E-state index is 5.82. The van der Waals surface area contributed by atoms with E-state index in [9.17, 15) is 0 Å². The largest absolute Gasteiger partial charge is 0.324 e. The lowest BCUT2D eigenvalue weighted by Gasteiger charge is -2.14. The first-order valence-corrected chi connectivity index (χ1v) is 10.1. The number of rotatable bonds is 7. The summed E-state index contributed by atoms with van der Waals surface area (Å²) in [6.45, 7) is 2.54. The maximum absolute atomic E-state index is 5.82. The van der Waals surface area contributed by atoms with Crippen LogP contribution in [0.25, 0.3) is 0 Å². The third kappa shape index (κ3) is 5.11. The third-order valence-corrected chi connectivity index (χ3v) is 4.93. The van der Waals surface area contributed by atoms with Gasteiger partial charge in [0.15, 0.2) is 0 Å². The van der Waals surface area contributed by atoms with E-state index < -0.39 is 0 Å². The molecule has 0 aliphatic heterocycles. The Kier molecular flexibility index (Phi) is 6.01. The van der Waals surface area contributed by atoms with Gasteiger partial charge in [-0.15, -0.1) is 0 Å². The van der Waals surface area contributed by atoms with E-state index in [1.54, 1.807) is 12.4 Å². The summed E-state index contributed by atoms with van der Waals surface area (Å²) >= 11 is 0. The zero-order valence-corrected chi connectivity index (χ0v) is 16.6. The molecule has 5 nitrogen and oxygen atoms in total. The highest BCUT2D eigenvalue weighted by Gasteiger charge is 2.25. The Morgan fingerprint density at radius 2 is 2.07 bits per heavy atom. The monoisotopic (exact) mass is 385 g/mol. The molecule has 2 heterocycles. The van der Waals surface area contributed by atoms with Gasteiger partial charge in [0, 0.05) is 35.6 Å². The van der Waals surface area contributed by atoms with Gasteiger partial charge < -0.3 is 4.57 Å². The van der Waals surface area contributed by atoms with Gasteiger partial charge in [0.05, 0.1) is 12.0 Å². The molecule has 0 radical (unpaired) electrons. The molecule has 1 fully saturated rings. The number of imidazole rings is 1. The number of aromatic nitrogens is 3. The Bertz CT molecular complexity index is 995. The van der Waals surface area contributed by atoms with Gasteiger partial charge in [-0.05, 0) is 60.8 Å². The summed E-state index contributed by atoms with van der Waals surface area (Å²) in [5.74, 6) is 7.19. The number of nitrogens with one attached hydrogen (secondary N) is 1. The Morgan fingerprint density at radius 1 is 1.21 bits per heavy atom. The second kappa shape index (κ2) is 9.20. The number of hydrogen-bond acceptors (Lipinski definition) is 3. The van der Waals surface area contributed by atoms with Crippen molar-refractivity contribution in [2.75, 3.05) is 0 Å². The highest BCUT2D eigenvalue weighted by Crippen LogP contribution is 2.27. The molecule has 2 aromatic heterocycles. The summed E-state index contributed by atoms with van der Waals surface area (Å²) in [5, 5.41) is 3.20. The molecule has 0 amide bonds. The van der Waals surface area contributed by atoms with Crippen LogP contribution in [0.3, 0.4) is 0 Å². The van der Waals surface area contributed by atoms with Crippen molar-refractivity contribution in [1.29, 1.82) is 0 Å². The molecule has 0 spiro atoms. The molecule has 29 heavy (non-hydrogen) atoms. The number of benzene rings is 1. The van der Waals surface area contributed by atoms with Crippen molar-refractivity contribution < 1.29 is 9.99 Å². The zero-order chi connectivity index (χ0) is 19.9. The quantitative estimate of drug-likeness (QED) is 0.387. The van der Waals surface area contributed by atoms with Crippen LogP contribution in [0.15, 0.2) is 67.4 Å². The normalized spacial score (nSPS) is 14.7. The summed E-state index contributed by atoms with van der Waals surface area (Å²) in [6, 6.07) is 14.2. The van der Waals surface area contributed by atoms with E-state index in [1.807, 2.05) is 30.7 Å². The Labute approximate surface area is 171 Å². The molecule has 1 atom stereocenters. The van der Waals surface area contributed by atoms with Gasteiger partial charge in [-0.2, -0.15) is 0 Å². The molecule has 5 heteroatoms. The van der Waals surface area contributed by atoms with Crippen molar-refractivity contribution in [3.8, 4) is 11.8 Å².